The number of nitrogens with zero attached hydrogens (tertiary/aromatic N) is 1. The number of carbonyl (C=O) groups excluding carboxylic acids is 2. The number of aryl methyl sites for hydroxylation is 1. The molecule has 2 rings (SSSR count). The normalized spacial score (nSPS) is 19.9. The molecule has 1 aromatic rings. The summed E-state index contributed by atoms with van der Waals surface area (Å²) in [6, 6.07) is 4.08. The van der Waals surface area contributed by atoms with Gasteiger partial charge in [-0.1, -0.05) is 6.07 Å². The summed E-state index contributed by atoms with van der Waals surface area (Å²) in [5, 5.41) is 5.71. The summed E-state index contributed by atoms with van der Waals surface area (Å²) in [5.41, 5.74) is 1.32. The molecule has 2 atom stereocenters. The van der Waals surface area contributed by atoms with Gasteiger partial charge in [-0.05, 0) is 50.9 Å². The first kappa shape index (κ1) is 17.4. The highest BCUT2D eigenvalue weighted by Gasteiger charge is 2.27. The molecule has 0 spiro atoms. The van der Waals surface area contributed by atoms with Crippen molar-refractivity contribution >= 4 is 17.5 Å². The van der Waals surface area contributed by atoms with E-state index in [0.717, 1.165) is 24.9 Å². The summed E-state index contributed by atoms with van der Waals surface area (Å²) in [6.07, 6.45) is 1.86. The van der Waals surface area contributed by atoms with E-state index in [1.54, 1.807) is 6.07 Å². The zero-order valence-corrected chi connectivity index (χ0v) is 13.9. The van der Waals surface area contributed by atoms with Gasteiger partial charge in [0.25, 0.3) is 0 Å². The number of likely N-dealkylation sites (tertiary alicyclic amines) is 1. The van der Waals surface area contributed by atoms with Crippen LogP contribution in [0.5, 0.6) is 0 Å². The summed E-state index contributed by atoms with van der Waals surface area (Å²) < 4.78 is 13.3. The lowest BCUT2D eigenvalue weighted by atomic mass is 10.0. The molecule has 6 heteroatoms. The van der Waals surface area contributed by atoms with Crippen LogP contribution in [-0.2, 0) is 9.59 Å². The maximum absolute atomic E-state index is 13.3. The predicted molar refractivity (Wildman–Crippen MR) is 87.6 cm³/mol. The number of benzene rings is 1. The number of carbonyl (C=O) groups is 2. The van der Waals surface area contributed by atoms with Gasteiger partial charge in [-0.15, -0.1) is 0 Å². The van der Waals surface area contributed by atoms with Crippen molar-refractivity contribution in [2.75, 3.05) is 18.4 Å². The van der Waals surface area contributed by atoms with Crippen LogP contribution in [-0.4, -0.2) is 41.9 Å². The van der Waals surface area contributed by atoms with Crippen molar-refractivity contribution in [3.8, 4) is 0 Å². The number of hydrogen-bond acceptors (Lipinski definition) is 3. The molecule has 0 saturated carbocycles. The van der Waals surface area contributed by atoms with Crippen LogP contribution >= 0.6 is 0 Å². The largest absolute Gasteiger partial charge is 0.352 e. The van der Waals surface area contributed by atoms with Crippen LogP contribution in [0.4, 0.5) is 10.1 Å². The lowest BCUT2D eigenvalue weighted by molar-refractivity contribution is -0.121. The topological polar surface area (TPSA) is 61.4 Å². The standard InChI is InChI=1S/C17H24FN3O2/c1-11-6-7-14(18)9-16(11)20-17(23)12(2)21-8-4-5-15(10-21)19-13(3)22/h6-7,9,12,15H,4-5,8,10H2,1-3H3,(H,19,22)(H,20,23). The fraction of sp³-hybridized carbons (Fsp3) is 0.529. The summed E-state index contributed by atoms with van der Waals surface area (Å²) in [7, 11) is 0. The van der Waals surface area contributed by atoms with Gasteiger partial charge in [0.2, 0.25) is 11.8 Å². The Hall–Kier alpha value is -1.95. The van der Waals surface area contributed by atoms with Gasteiger partial charge in [0.1, 0.15) is 5.82 Å². The Kier molecular flexibility index (Phi) is 5.71. The Morgan fingerprint density at radius 2 is 2.13 bits per heavy atom. The van der Waals surface area contributed by atoms with Crippen molar-refractivity contribution in [1.29, 1.82) is 0 Å². The molecule has 0 aromatic heterocycles. The van der Waals surface area contributed by atoms with E-state index in [-0.39, 0.29) is 29.7 Å². The third kappa shape index (κ3) is 4.76. The van der Waals surface area contributed by atoms with Crippen LogP contribution in [0.15, 0.2) is 18.2 Å². The Balaban J connectivity index is 1.98. The third-order valence-electron chi connectivity index (χ3n) is 4.24. The number of piperidine rings is 1. The minimum atomic E-state index is -0.373. The van der Waals surface area contributed by atoms with Gasteiger partial charge in [-0.25, -0.2) is 4.39 Å². The number of nitrogens with one attached hydrogen (secondary N) is 2. The first-order chi connectivity index (χ1) is 10.9. The summed E-state index contributed by atoms with van der Waals surface area (Å²) in [6.45, 7) is 6.62. The molecule has 126 valence electrons. The number of hydrogen-bond donors (Lipinski definition) is 2. The maximum Gasteiger partial charge on any atom is 0.241 e. The minimum Gasteiger partial charge on any atom is -0.352 e. The highest BCUT2D eigenvalue weighted by Crippen LogP contribution is 2.18. The van der Waals surface area contributed by atoms with Gasteiger partial charge in [-0.3, -0.25) is 14.5 Å². The SMILES string of the molecule is CC(=O)NC1CCCN(C(C)C(=O)Nc2cc(F)ccc2C)C1. The Morgan fingerprint density at radius 1 is 1.39 bits per heavy atom. The zero-order valence-electron chi connectivity index (χ0n) is 13.9. The van der Waals surface area contributed by atoms with Crippen molar-refractivity contribution in [3.05, 3.63) is 29.6 Å². The van der Waals surface area contributed by atoms with Crippen LogP contribution in [0.1, 0.15) is 32.3 Å². The van der Waals surface area contributed by atoms with Gasteiger partial charge in [0, 0.05) is 25.2 Å². The minimum absolute atomic E-state index is 0.0515. The third-order valence-corrected chi connectivity index (χ3v) is 4.24. The zero-order chi connectivity index (χ0) is 17.0. The molecular weight excluding hydrogens is 297 g/mol. The molecule has 0 bridgehead atoms. The van der Waals surface area contributed by atoms with Gasteiger partial charge >= 0.3 is 0 Å². The van der Waals surface area contributed by atoms with E-state index in [1.807, 2.05) is 18.7 Å². The molecular formula is C17H24FN3O2. The Bertz CT molecular complexity index is 591. The van der Waals surface area contributed by atoms with E-state index in [2.05, 4.69) is 10.6 Å². The van der Waals surface area contributed by atoms with Crippen LogP contribution in [0, 0.1) is 12.7 Å². The molecule has 1 aromatic carbocycles. The molecule has 2 unspecified atom stereocenters. The molecule has 23 heavy (non-hydrogen) atoms. The van der Waals surface area contributed by atoms with Crippen LogP contribution in [0.25, 0.3) is 0 Å². The summed E-state index contributed by atoms with van der Waals surface area (Å²) in [4.78, 5) is 25.7. The average molecular weight is 321 g/mol. The Labute approximate surface area is 136 Å². The van der Waals surface area contributed by atoms with Crippen molar-refractivity contribution in [2.45, 2.75) is 45.7 Å². The van der Waals surface area contributed by atoms with Crippen molar-refractivity contribution in [1.82, 2.24) is 10.2 Å². The van der Waals surface area contributed by atoms with Crippen molar-refractivity contribution < 1.29 is 14.0 Å². The fourth-order valence-corrected chi connectivity index (χ4v) is 2.90. The van der Waals surface area contributed by atoms with Crippen LogP contribution in [0.3, 0.4) is 0 Å². The van der Waals surface area contributed by atoms with E-state index in [4.69, 9.17) is 0 Å². The number of halogens is 1. The molecule has 1 saturated heterocycles. The molecule has 0 aliphatic carbocycles. The second-order valence-corrected chi connectivity index (χ2v) is 6.16. The second kappa shape index (κ2) is 7.55. The molecule has 2 N–H and O–H groups in total. The molecule has 0 radical (unpaired) electrons. The van der Waals surface area contributed by atoms with E-state index < -0.39 is 0 Å². The average Bonchev–Trinajstić information content (AvgIpc) is 2.49. The van der Waals surface area contributed by atoms with Gasteiger partial charge in [-0.2, -0.15) is 0 Å². The molecule has 1 aliphatic rings. The molecule has 5 nitrogen and oxygen atoms in total. The fourth-order valence-electron chi connectivity index (χ4n) is 2.90. The van der Waals surface area contributed by atoms with Gasteiger partial charge in [0.15, 0.2) is 0 Å². The maximum atomic E-state index is 13.3. The quantitative estimate of drug-likeness (QED) is 0.892. The van der Waals surface area contributed by atoms with Crippen LogP contribution < -0.4 is 10.6 Å². The number of anilines is 1. The number of amides is 2. The molecule has 1 aliphatic heterocycles. The smallest absolute Gasteiger partial charge is 0.241 e. The first-order valence-corrected chi connectivity index (χ1v) is 7.95. The van der Waals surface area contributed by atoms with E-state index in [1.165, 1.54) is 19.1 Å². The van der Waals surface area contributed by atoms with Crippen molar-refractivity contribution in [3.63, 3.8) is 0 Å². The lowest BCUT2D eigenvalue weighted by Gasteiger charge is -2.36. The van der Waals surface area contributed by atoms with Gasteiger partial charge in [0.05, 0.1) is 6.04 Å². The summed E-state index contributed by atoms with van der Waals surface area (Å²) in [5.74, 6) is -0.589. The Morgan fingerprint density at radius 3 is 2.83 bits per heavy atom. The van der Waals surface area contributed by atoms with Crippen LogP contribution in [0.2, 0.25) is 0 Å². The first-order valence-electron chi connectivity index (χ1n) is 7.95. The molecule has 2 amide bonds. The summed E-state index contributed by atoms with van der Waals surface area (Å²) >= 11 is 0. The van der Waals surface area contributed by atoms with Gasteiger partial charge < -0.3 is 10.6 Å². The predicted octanol–water partition coefficient (Wildman–Crippen LogP) is 2.06. The molecule has 1 heterocycles. The molecule has 1 fully saturated rings. The second-order valence-electron chi connectivity index (χ2n) is 6.16. The number of rotatable bonds is 4. The monoisotopic (exact) mass is 321 g/mol. The lowest BCUT2D eigenvalue weighted by Crippen LogP contribution is -2.52. The highest BCUT2D eigenvalue weighted by molar-refractivity contribution is 5.95. The van der Waals surface area contributed by atoms with E-state index >= 15 is 0 Å². The highest BCUT2D eigenvalue weighted by atomic mass is 19.1. The van der Waals surface area contributed by atoms with E-state index in [0.29, 0.717) is 12.2 Å². The van der Waals surface area contributed by atoms with E-state index in [9.17, 15) is 14.0 Å². The van der Waals surface area contributed by atoms with Crippen molar-refractivity contribution in [2.24, 2.45) is 0 Å².